The van der Waals surface area contributed by atoms with Crippen LogP contribution in [-0.2, 0) is 14.8 Å². The third-order valence-corrected chi connectivity index (χ3v) is 7.44. The molecule has 0 unspecified atom stereocenters. The van der Waals surface area contributed by atoms with Crippen LogP contribution in [0.4, 0.5) is 5.69 Å². The molecule has 30 heavy (non-hydrogen) atoms. The van der Waals surface area contributed by atoms with Gasteiger partial charge in [-0.25, -0.2) is 8.42 Å². The van der Waals surface area contributed by atoms with Crippen LogP contribution < -0.4 is 9.62 Å². The number of amides is 1. The van der Waals surface area contributed by atoms with Crippen molar-refractivity contribution in [3.63, 3.8) is 0 Å². The number of rotatable bonds is 6. The minimum absolute atomic E-state index is 0.124. The van der Waals surface area contributed by atoms with Gasteiger partial charge in [-0.2, -0.15) is 0 Å². The molecule has 1 saturated carbocycles. The molecule has 0 saturated heterocycles. The van der Waals surface area contributed by atoms with Gasteiger partial charge in [0.1, 0.15) is 6.54 Å². The highest BCUT2D eigenvalue weighted by atomic mass is 32.2. The lowest BCUT2D eigenvalue weighted by Gasteiger charge is -2.26. The lowest BCUT2D eigenvalue weighted by atomic mass is 9.97. The molecule has 0 aromatic heterocycles. The van der Waals surface area contributed by atoms with E-state index in [-0.39, 0.29) is 23.4 Å². The summed E-state index contributed by atoms with van der Waals surface area (Å²) in [5, 5.41) is 3.09. The summed E-state index contributed by atoms with van der Waals surface area (Å²) in [6.45, 7) is 3.60. The van der Waals surface area contributed by atoms with Gasteiger partial charge in [0.15, 0.2) is 0 Å². The number of nitrogens with zero attached hydrogens (tertiary/aromatic N) is 1. The van der Waals surface area contributed by atoms with Crippen LogP contribution in [0.25, 0.3) is 0 Å². The maximum Gasteiger partial charge on any atom is 0.264 e. The largest absolute Gasteiger partial charge is 0.352 e. The first-order valence-electron chi connectivity index (χ1n) is 10.8. The second-order valence-corrected chi connectivity index (χ2v) is 10.1. The van der Waals surface area contributed by atoms with Crippen molar-refractivity contribution in [2.75, 3.05) is 10.8 Å². The van der Waals surface area contributed by atoms with Crippen LogP contribution in [0.15, 0.2) is 53.4 Å². The third kappa shape index (κ3) is 5.85. The van der Waals surface area contributed by atoms with E-state index in [0.717, 1.165) is 36.8 Å². The molecule has 0 radical (unpaired) electrons. The van der Waals surface area contributed by atoms with Crippen LogP contribution in [0, 0.1) is 13.8 Å². The van der Waals surface area contributed by atoms with Crippen molar-refractivity contribution in [3.8, 4) is 0 Å². The molecule has 1 aliphatic rings. The standard InChI is InChI=1S/C24H32N2O3S/c1-19-13-15-23(16-14-19)30(28,29)26(22-12-8-9-20(2)17-22)18-24(27)25-21-10-6-4-3-5-7-11-21/h8-9,12-17,21H,3-7,10-11,18H2,1-2H3,(H,25,27). The van der Waals surface area contributed by atoms with Gasteiger partial charge in [0.2, 0.25) is 5.91 Å². The summed E-state index contributed by atoms with van der Waals surface area (Å²) >= 11 is 0. The molecule has 3 rings (SSSR count). The van der Waals surface area contributed by atoms with Crippen LogP contribution in [0.5, 0.6) is 0 Å². The predicted molar refractivity (Wildman–Crippen MR) is 121 cm³/mol. The summed E-state index contributed by atoms with van der Waals surface area (Å²) in [6.07, 6.45) is 7.79. The summed E-state index contributed by atoms with van der Waals surface area (Å²) in [6, 6.07) is 14.1. The molecule has 1 amide bonds. The smallest absolute Gasteiger partial charge is 0.264 e. The predicted octanol–water partition coefficient (Wildman–Crippen LogP) is 4.73. The fourth-order valence-corrected chi connectivity index (χ4v) is 5.35. The first kappa shape index (κ1) is 22.3. The van der Waals surface area contributed by atoms with Gasteiger partial charge in [-0.15, -0.1) is 0 Å². The highest BCUT2D eigenvalue weighted by molar-refractivity contribution is 7.92. The highest BCUT2D eigenvalue weighted by Crippen LogP contribution is 2.25. The number of hydrogen-bond acceptors (Lipinski definition) is 3. The van der Waals surface area contributed by atoms with Gasteiger partial charge < -0.3 is 5.32 Å². The molecule has 0 aliphatic heterocycles. The van der Waals surface area contributed by atoms with E-state index >= 15 is 0 Å². The minimum atomic E-state index is -3.86. The van der Waals surface area contributed by atoms with Crippen molar-refractivity contribution >= 4 is 21.6 Å². The van der Waals surface area contributed by atoms with Gasteiger partial charge in [-0.3, -0.25) is 9.10 Å². The molecule has 0 heterocycles. The molecule has 162 valence electrons. The summed E-state index contributed by atoms with van der Waals surface area (Å²) in [5.74, 6) is -0.252. The van der Waals surface area contributed by atoms with Crippen LogP contribution in [0.2, 0.25) is 0 Å². The van der Waals surface area contributed by atoms with Crippen LogP contribution in [-0.4, -0.2) is 26.9 Å². The summed E-state index contributed by atoms with van der Waals surface area (Å²) in [7, 11) is -3.86. The number of nitrogens with one attached hydrogen (secondary N) is 1. The molecule has 0 bridgehead atoms. The van der Waals surface area contributed by atoms with E-state index in [1.165, 1.54) is 23.6 Å². The number of anilines is 1. The van der Waals surface area contributed by atoms with Gasteiger partial charge in [-0.05, 0) is 56.5 Å². The normalized spacial score (nSPS) is 15.8. The van der Waals surface area contributed by atoms with Crippen molar-refractivity contribution in [2.45, 2.75) is 69.7 Å². The fourth-order valence-electron chi connectivity index (χ4n) is 3.94. The Morgan fingerprint density at radius 1 is 0.933 bits per heavy atom. The lowest BCUT2D eigenvalue weighted by molar-refractivity contribution is -0.120. The zero-order valence-corrected chi connectivity index (χ0v) is 18.7. The van der Waals surface area contributed by atoms with Gasteiger partial charge in [0.05, 0.1) is 10.6 Å². The average Bonchev–Trinajstić information content (AvgIpc) is 2.68. The summed E-state index contributed by atoms with van der Waals surface area (Å²) in [4.78, 5) is 13.1. The minimum Gasteiger partial charge on any atom is -0.352 e. The maximum atomic E-state index is 13.4. The number of hydrogen-bond donors (Lipinski definition) is 1. The number of aryl methyl sites for hydroxylation is 2. The molecule has 1 aliphatic carbocycles. The quantitative estimate of drug-likeness (QED) is 0.723. The molecule has 0 atom stereocenters. The summed E-state index contributed by atoms with van der Waals surface area (Å²) in [5.41, 5.74) is 2.43. The molecular formula is C24H32N2O3S. The average molecular weight is 429 g/mol. The van der Waals surface area contributed by atoms with Gasteiger partial charge >= 0.3 is 0 Å². The molecule has 5 nitrogen and oxygen atoms in total. The van der Waals surface area contributed by atoms with E-state index in [1.54, 1.807) is 36.4 Å². The lowest BCUT2D eigenvalue weighted by Crippen LogP contribution is -2.44. The molecule has 1 N–H and O–H groups in total. The van der Waals surface area contributed by atoms with Gasteiger partial charge in [0, 0.05) is 6.04 Å². The molecule has 0 spiro atoms. The van der Waals surface area contributed by atoms with Crippen LogP contribution in [0.1, 0.15) is 56.1 Å². The SMILES string of the molecule is Cc1ccc(S(=O)(=O)N(CC(=O)NC2CCCCCCC2)c2cccc(C)c2)cc1. The van der Waals surface area contributed by atoms with Crippen molar-refractivity contribution in [2.24, 2.45) is 0 Å². The van der Waals surface area contributed by atoms with Crippen LogP contribution in [0.3, 0.4) is 0 Å². The third-order valence-electron chi connectivity index (χ3n) is 5.66. The Morgan fingerprint density at radius 2 is 1.57 bits per heavy atom. The van der Waals surface area contributed by atoms with Crippen molar-refractivity contribution in [1.29, 1.82) is 0 Å². The summed E-state index contributed by atoms with van der Waals surface area (Å²) < 4.78 is 28.1. The fraction of sp³-hybridized carbons (Fsp3) is 0.458. The Morgan fingerprint density at radius 3 is 2.20 bits per heavy atom. The van der Waals surface area contributed by atoms with E-state index in [4.69, 9.17) is 0 Å². The molecule has 2 aromatic carbocycles. The Balaban J connectivity index is 1.84. The number of carbonyl (C=O) groups excluding carboxylic acids is 1. The van der Waals surface area contributed by atoms with E-state index < -0.39 is 10.0 Å². The zero-order chi connectivity index (χ0) is 21.6. The van der Waals surface area contributed by atoms with Crippen molar-refractivity contribution in [3.05, 3.63) is 59.7 Å². The second-order valence-electron chi connectivity index (χ2n) is 8.27. The molecule has 6 heteroatoms. The Kier molecular flexibility index (Phi) is 7.53. The van der Waals surface area contributed by atoms with Gasteiger partial charge in [0.25, 0.3) is 10.0 Å². The van der Waals surface area contributed by atoms with Crippen LogP contribution >= 0.6 is 0 Å². The Bertz CT molecular complexity index is 947. The van der Waals surface area contributed by atoms with Crippen molar-refractivity contribution < 1.29 is 13.2 Å². The monoisotopic (exact) mass is 428 g/mol. The topological polar surface area (TPSA) is 66.5 Å². The van der Waals surface area contributed by atoms with Gasteiger partial charge in [-0.1, -0.05) is 61.9 Å². The van der Waals surface area contributed by atoms with E-state index in [9.17, 15) is 13.2 Å². The number of carbonyl (C=O) groups is 1. The highest BCUT2D eigenvalue weighted by Gasteiger charge is 2.28. The molecule has 1 fully saturated rings. The first-order chi connectivity index (χ1) is 14.4. The zero-order valence-electron chi connectivity index (χ0n) is 17.9. The van der Waals surface area contributed by atoms with E-state index in [2.05, 4.69) is 5.32 Å². The Hall–Kier alpha value is -2.34. The Labute approximate surface area is 180 Å². The second kappa shape index (κ2) is 10.1. The molecule has 2 aromatic rings. The number of benzene rings is 2. The first-order valence-corrected chi connectivity index (χ1v) is 12.3. The maximum absolute atomic E-state index is 13.4. The molecular weight excluding hydrogens is 396 g/mol. The number of sulfonamides is 1. The van der Waals surface area contributed by atoms with E-state index in [1.807, 2.05) is 26.0 Å². The van der Waals surface area contributed by atoms with E-state index in [0.29, 0.717) is 5.69 Å². The van der Waals surface area contributed by atoms with Crippen molar-refractivity contribution in [1.82, 2.24) is 5.32 Å².